The van der Waals surface area contributed by atoms with Crippen molar-refractivity contribution in [2.24, 2.45) is 0 Å². The summed E-state index contributed by atoms with van der Waals surface area (Å²) < 4.78 is 48.1. The molecule has 2 atom stereocenters. The van der Waals surface area contributed by atoms with Crippen LogP contribution in [-0.2, 0) is 15.1 Å². The van der Waals surface area contributed by atoms with E-state index in [-0.39, 0.29) is 5.56 Å². The van der Waals surface area contributed by atoms with Crippen LogP contribution in [0.15, 0.2) is 78.9 Å². The van der Waals surface area contributed by atoms with E-state index >= 15 is 0 Å². The molecular formula is C33H28ClF3O4. The minimum Gasteiger partial charge on any atom is -0.479 e. The molecular weight excluding hydrogens is 553 g/mol. The summed E-state index contributed by atoms with van der Waals surface area (Å²) >= 11 is 6.13. The van der Waals surface area contributed by atoms with E-state index in [0.717, 1.165) is 17.5 Å². The van der Waals surface area contributed by atoms with E-state index in [2.05, 4.69) is 5.92 Å². The van der Waals surface area contributed by atoms with Crippen molar-refractivity contribution < 1.29 is 32.9 Å². The highest BCUT2D eigenvalue weighted by Gasteiger charge is 2.54. The van der Waals surface area contributed by atoms with Gasteiger partial charge in [0.2, 0.25) is 5.60 Å². The van der Waals surface area contributed by atoms with Crippen molar-refractivity contribution in [2.75, 3.05) is 0 Å². The summed E-state index contributed by atoms with van der Waals surface area (Å²) in [6, 6.07) is 20.1. The number of alkyl halides is 3. The molecule has 0 fully saturated rings. The third-order valence-corrected chi connectivity index (χ3v) is 6.72. The minimum atomic E-state index is -5.06. The molecule has 8 heteroatoms. The average Bonchev–Trinajstić information content (AvgIpc) is 2.89. The summed E-state index contributed by atoms with van der Waals surface area (Å²) in [5.41, 5.74) is -2.15. The number of hydrogen-bond donors (Lipinski definition) is 2. The van der Waals surface area contributed by atoms with Crippen LogP contribution in [0.25, 0.3) is 21.9 Å². The second-order valence-electron chi connectivity index (χ2n) is 10.7. The van der Waals surface area contributed by atoms with Gasteiger partial charge in [0.25, 0.3) is 0 Å². The number of hydrogen-bond acceptors (Lipinski definition) is 3. The van der Waals surface area contributed by atoms with Gasteiger partial charge < -0.3 is 14.9 Å². The van der Waals surface area contributed by atoms with Gasteiger partial charge in [0.1, 0.15) is 0 Å². The third kappa shape index (κ3) is 6.41. The minimum absolute atomic E-state index is 0.199. The zero-order valence-electron chi connectivity index (χ0n) is 22.8. The molecule has 0 saturated heterocycles. The molecule has 0 heterocycles. The van der Waals surface area contributed by atoms with E-state index in [1.165, 1.54) is 12.1 Å². The Kier molecular flexibility index (Phi) is 8.24. The molecule has 4 aromatic rings. The van der Waals surface area contributed by atoms with Crippen LogP contribution < -0.4 is 0 Å². The zero-order chi connectivity index (χ0) is 30.2. The summed E-state index contributed by atoms with van der Waals surface area (Å²) in [5, 5.41) is 22.6. The second-order valence-corrected chi connectivity index (χ2v) is 11.1. The van der Waals surface area contributed by atoms with Gasteiger partial charge in [-0.15, -0.1) is 0 Å². The number of fused-ring (bicyclic) bond motifs is 1. The van der Waals surface area contributed by atoms with Gasteiger partial charge in [0.15, 0.2) is 6.10 Å². The SMILES string of the molecule is Cc1cc2ccc(C#CC(O)(c3ccccc3)C(F)(F)F)cc2c(-c2ccc(Cl)cc2)c1C(OC(C)(C)C)C(=O)O. The maximum atomic E-state index is 14.0. The number of aliphatic hydroxyl groups is 1. The Balaban J connectivity index is 2.00. The van der Waals surface area contributed by atoms with Crippen molar-refractivity contribution in [2.45, 2.75) is 51.2 Å². The van der Waals surface area contributed by atoms with E-state index in [9.17, 15) is 28.2 Å². The molecule has 0 spiro atoms. The maximum absolute atomic E-state index is 14.0. The highest BCUT2D eigenvalue weighted by Crippen LogP contribution is 2.42. The normalized spacial score (nSPS) is 14.2. The molecule has 4 nitrogen and oxygen atoms in total. The first-order valence-electron chi connectivity index (χ1n) is 12.7. The Morgan fingerprint density at radius 3 is 2.15 bits per heavy atom. The van der Waals surface area contributed by atoms with E-state index in [1.54, 1.807) is 82.3 Å². The molecule has 0 aliphatic rings. The van der Waals surface area contributed by atoms with Gasteiger partial charge in [-0.1, -0.05) is 72.1 Å². The Labute approximate surface area is 241 Å². The van der Waals surface area contributed by atoms with Crippen LogP contribution >= 0.6 is 11.6 Å². The fourth-order valence-corrected chi connectivity index (χ4v) is 4.76. The standard InChI is InChI=1S/C33H28ClF3O4/c1-20-18-23-11-10-21(16-17-32(40,33(35,36)37)24-8-6-5-7-9-24)19-26(23)28(22-12-14-25(34)15-13-22)27(20)29(30(38)39)41-31(2,3)4/h5-15,18-19,29,40H,1-4H3,(H,38,39). The van der Waals surface area contributed by atoms with Crippen LogP contribution in [0.2, 0.25) is 5.02 Å². The Morgan fingerprint density at radius 2 is 1.59 bits per heavy atom. The van der Waals surface area contributed by atoms with Crippen molar-refractivity contribution in [1.29, 1.82) is 0 Å². The number of rotatable bonds is 5. The second kappa shape index (κ2) is 11.2. The molecule has 41 heavy (non-hydrogen) atoms. The first kappa shape index (κ1) is 30.1. The Morgan fingerprint density at radius 1 is 0.951 bits per heavy atom. The number of carboxylic acid groups (broad SMARTS) is 1. The van der Waals surface area contributed by atoms with Gasteiger partial charge in [-0.3, -0.25) is 0 Å². The molecule has 212 valence electrons. The first-order chi connectivity index (χ1) is 19.1. The summed E-state index contributed by atoms with van der Waals surface area (Å²) in [4.78, 5) is 12.5. The lowest BCUT2D eigenvalue weighted by molar-refractivity contribution is -0.240. The predicted octanol–water partition coefficient (Wildman–Crippen LogP) is 8.21. The molecule has 0 aliphatic carbocycles. The van der Waals surface area contributed by atoms with E-state index in [1.807, 2.05) is 5.92 Å². The van der Waals surface area contributed by atoms with Crippen molar-refractivity contribution >= 4 is 28.3 Å². The molecule has 0 radical (unpaired) electrons. The topological polar surface area (TPSA) is 66.8 Å². The van der Waals surface area contributed by atoms with Gasteiger partial charge in [-0.05, 0) is 85.3 Å². The van der Waals surface area contributed by atoms with Crippen LogP contribution in [0, 0.1) is 18.8 Å². The molecule has 4 rings (SSSR count). The van der Waals surface area contributed by atoms with Gasteiger partial charge >= 0.3 is 12.1 Å². The van der Waals surface area contributed by atoms with E-state index in [4.69, 9.17) is 16.3 Å². The molecule has 0 amide bonds. The third-order valence-electron chi connectivity index (χ3n) is 6.47. The highest BCUT2D eigenvalue weighted by molar-refractivity contribution is 6.30. The molecule has 0 aromatic heterocycles. The quantitative estimate of drug-likeness (QED) is 0.233. The molecule has 2 unspecified atom stereocenters. The summed E-state index contributed by atoms with van der Waals surface area (Å²) in [7, 11) is 0. The van der Waals surface area contributed by atoms with Gasteiger partial charge in [0, 0.05) is 21.7 Å². The van der Waals surface area contributed by atoms with Crippen molar-refractivity contribution in [3.05, 3.63) is 106 Å². The first-order valence-corrected chi connectivity index (χ1v) is 13.1. The van der Waals surface area contributed by atoms with Crippen molar-refractivity contribution in [3.63, 3.8) is 0 Å². The maximum Gasteiger partial charge on any atom is 0.433 e. The van der Waals surface area contributed by atoms with Crippen LogP contribution in [0.4, 0.5) is 13.2 Å². The van der Waals surface area contributed by atoms with E-state index < -0.39 is 35.0 Å². The average molecular weight is 581 g/mol. The van der Waals surface area contributed by atoms with Crippen LogP contribution in [0.5, 0.6) is 0 Å². The lowest BCUT2D eigenvalue weighted by Crippen LogP contribution is -2.41. The fourth-order valence-electron chi connectivity index (χ4n) is 4.63. The van der Waals surface area contributed by atoms with Crippen LogP contribution in [-0.4, -0.2) is 28.0 Å². The van der Waals surface area contributed by atoms with Crippen LogP contribution in [0.1, 0.15) is 49.1 Å². The highest BCUT2D eigenvalue weighted by atomic mass is 35.5. The number of carboxylic acids is 1. The monoisotopic (exact) mass is 580 g/mol. The predicted molar refractivity (Wildman–Crippen MR) is 154 cm³/mol. The number of carbonyl (C=O) groups is 1. The lowest BCUT2D eigenvalue weighted by atomic mass is 9.86. The number of ether oxygens (including phenoxy) is 1. The Hall–Kier alpha value is -3.83. The van der Waals surface area contributed by atoms with Crippen molar-refractivity contribution in [3.8, 4) is 23.0 Å². The lowest BCUT2D eigenvalue weighted by Gasteiger charge is -2.28. The molecule has 0 aliphatic heterocycles. The number of halogens is 4. The largest absolute Gasteiger partial charge is 0.479 e. The smallest absolute Gasteiger partial charge is 0.433 e. The summed E-state index contributed by atoms with van der Waals surface area (Å²) in [6.07, 6.45) is -6.40. The molecule has 2 N–H and O–H groups in total. The number of aryl methyl sites for hydroxylation is 1. The fraction of sp³-hybridized carbons (Fsp3) is 0.242. The van der Waals surface area contributed by atoms with Gasteiger partial charge in [0.05, 0.1) is 5.60 Å². The Bertz CT molecular complexity index is 1650. The zero-order valence-corrected chi connectivity index (χ0v) is 23.6. The van der Waals surface area contributed by atoms with Crippen LogP contribution in [0.3, 0.4) is 0 Å². The molecule has 4 aromatic carbocycles. The number of benzene rings is 4. The van der Waals surface area contributed by atoms with Gasteiger partial charge in [-0.25, -0.2) is 4.79 Å². The van der Waals surface area contributed by atoms with Crippen molar-refractivity contribution in [1.82, 2.24) is 0 Å². The van der Waals surface area contributed by atoms with Gasteiger partial charge in [-0.2, -0.15) is 13.2 Å². The number of aliphatic carboxylic acids is 1. The molecule has 0 bridgehead atoms. The summed E-state index contributed by atoms with van der Waals surface area (Å²) in [5.74, 6) is 3.36. The summed E-state index contributed by atoms with van der Waals surface area (Å²) in [6.45, 7) is 7.05. The molecule has 0 saturated carbocycles. The van der Waals surface area contributed by atoms with E-state index in [0.29, 0.717) is 32.7 Å².